The van der Waals surface area contributed by atoms with Crippen LogP contribution >= 0.6 is 23.2 Å². The molecule has 1 N–H and O–H groups in total. The minimum atomic E-state index is -0.639. The molecule has 0 bridgehead atoms. The van der Waals surface area contributed by atoms with E-state index >= 15 is 0 Å². The highest BCUT2D eigenvalue weighted by Gasteiger charge is 2.15. The first-order valence-corrected chi connectivity index (χ1v) is 9.29. The molecule has 0 aliphatic heterocycles. The lowest BCUT2D eigenvalue weighted by atomic mass is 10.1. The van der Waals surface area contributed by atoms with Crippen molar-refractivity contribution in [2.75, 3.05) is 26.1 Å². The number of esters is 2. The first-order valence-electron chi connectivity index (χ1n) is 8.53. The Bertz CT molecular complexity index is 882. The Labute approximate surface area is 177 Å². The van der Waals surface area contributed by atoms with Crippen molar-refractivity contribution in [2.24, 2.45) is 0 Å². The number of ether oxygens (including phenoxy) is 3. The Hall–Kier alpha value is -2.77. The predicted molar refractivity (Wildman–Crippen MR) is 109 cm³/mol. The van der Waals surface area contributed by atoms with E-state index in [0.29, 0.717) is 22.2 Å². The van der Waals surface area contributed by atoms with Gasteiger partial charge in [-0.3, -0.25) is 4.79 Å². The molecule has 0 aliphatic carbocycles. The molecule has 9 heteroatoms. The van der Waals surface area contributed by atoms with Crippen molar-refractivity contribution in [3.05, 3.63) is 57.6 Å². The Balaban J connectivity index is 1.95. The van der Waals surface area contributed by atoms with Gasteiger partial charge in [0, 0.05) is 17.1 Å². The van der Waals surface area contributed by atoms with E-state index in [-0.39, 0.29) is 35.7 Å². The monoisotopic (exact) mass is 439 g/mol. The predicted octanol–water partition coefficient (Wildman–Crippen LogP) is 4.36. The first kappa shape index (κ1) is 22.5. The topological polar surface area (TPSA) is 90.9 Å². The Morgan fingerprint density at radius 2 is 1.55 bits per heavy atom. The van der Waals surface area contributed by atoms with Crippen LogP contribution in [0.4, 0.5) is 5.69 Å². The van der Waals surface area contributed by atoms with E-state index in [1.54, 1.807) is 18.2 Å². The summed E-state index contributed by atoms with van der Waals surface area (Å²) >= 11 is 11.8. The minimum Gasteiger partial charge on any atom is -0.492 e. The van der Waals surface area contributed by atoms with Crippen molar-refractivity contribution in [3.8, 4) is 5.75 Å². The minimum absolute atomic E-state index is 0.117. The fourth-order valence-corrected chi connectivity index (χ4v) is 2.86. The van der Waals surface area contributed by atoms with Gasteiger partial charge in [0.25, 0.3) is 0 Å². The normalized spacial score (nSPS) is 10.2. The molecule has 0 heterocycles. The van der Waals surface area contributed by atoms with Gasteiger partial charge in [-0.05, 0) is 42.8 Å². The quantitative estimate of drug-likeness (QED) is 0.485. The Kier molecular flexibility index (Phi) is 8.30. The van der Waals surface area contributed by atoms with Crippen LogP contribution in [0.2, 0.25) is 10.0 Å². The molecule has 29 heavy (non-hydrogen) atoms. The van der Waals surface area contributed by atoms with Crippen LogP contribution in [-0.2, 0) is 14.3 Å². The zero-order valence-electron chi connectivity index (χ0n) is 15.8. The number of carbonyl (C=O) groups excluding carboxylic acids is 3. The standard InChI is InChI=1S/C20H19Cl2NO6/c1-27-19(25)12-8-13(20(26)28-2)10-15(9-12)23-18(24)4-3-7-29-17-6-5-14(21)11-16(17)22/h5-6,8-11H,3-4,7H2,1-2H3,(H,23,24). The van der Waals surface area contributed by atoms with Crippen LogP contribution in [0.1, 0.15) is 33.6 Å². The van der Waals surface area contributed by atoms with Crippen LogP contribution in [0.25, 0.3) is 0 Å². The Morgan fingerprint density at radius 1 is 0.931 bits per heavy atom. The van der Waals surface area contributed by atoms with E-state index in [9.17, 15) is 14.4 Å². The molecule has 0 atom stereocenters. The molecular formula is C20H19Cl2NO6. The fraction of sp³-hybridized carbons (Fsp3) is 0.250. The van der Waals surface area contributed by atoms with E-state index in [1.807, 2.05) is 0 Å². The summed E-state index contributed by atoms with van der Waals surface area (Å²) in [7, 11) is 2.44. The van der Waals surface area contributed by atoms with Gasteiger partial charge in [0.05, 0.1) is 37.0 Å². The highest BCUT2D eigenvalue weighted by Crippen LogP contribution is 2.27. The summed E-state index contributed by atoms with van der Waals surface area (Å²) in [6.07, 6.45) is 0.576. The summed E-state index contributed by atoms with van der Waals surface area (Å²) in [5.41, 5.74) is 0.512. The van der Waals surface area contributed by atoms with Gasteiger partial charge in [0.1, 0.15) is 5.75 Å². The average Bonchev–Trinajstić information content (AvgIpc) is 2.70. The van der Waals surface area contributed by atoms with Crippen LogP contribution in [0.3, 0.4) is 0 Å². The molecule has 0 saturated carbocycles. The maximum atomic E-state index is 12.2. The van der Waals surface area contributed by atoms with Gasteiger partial charge in [0.2, 0.25) is 5.91 Å². The molecule has 2 rings (SSSR count). The molecule has 1 amide bonds. The maximum absolute atomic E-state index is 12.2. The van der Waals surface area contributed by atoms with Gasteiger partial charge in [-0.1, -0.05) is 23.2 Å². The lowest BCUT2D eigenvalue weighted by Crippen LogP contribution is -2.15. The van der Waals surface area contributed by atoms with Crippen molar-refractivity contribution in [1.82, 2.24) is 0 Å². The van der Waals surface area contributed by atoms with Gasteiger partial charge in [-0.2, -0.15) is 0 Å². The number of benzene rings is 2. The van der Waals surface area contributed by atoms with Crippen LogP contribution in [-0.4, -0.2) is 38.7 Å². The number of carbonyl (C=O) groups is 3. The van der Waals surface area contributed by atoms with Crippen LogP contribution in [0.15, 0.2) is 36.4 Å². The molecular weight excluding hydrogens is 421 g/mol. The lowest BCUT2D eigenvalue weighted by molar-refractivity contribution is -0.116. The van der Waals surface area contributed by atoms with Gasteiger partial charge in [-0.15, -0.1) is 0 Å². The van der Waals surface area contributed by atoms with Gasteiger partial charge >= 0.3 is 11.9 Å². The summed E-state index contributed by atoms with van der Waals surface area (Å²) in [4.78, 5) is 35.8. The number of nitrogens with one attached hydrogen (secondary N) is 1. The summed E-state index contributed by atoms with van der Waals surface area (Å²) in [5.74, 6) is -1.11. The largest absolute Gasteiger partial charge is 0.492 e. The number of anilines is 1. The number of rotatable bonds is 8. The molecule has 0 aromatic heterocycles. The summed E-state index contributed by atoms with van der Waals surface area (Å²) in [6, 6.07) is 9.04. The van der Waals surface area contributed by atoms with E-state index in [2.05, 4.69) is 14.8 Å². The van der Waals surface area contributed by atoms with Crippen molar-refractivity contribution in [2.45, 2.75) is 12.8 Å². The maximum Gasteiger partial charge on any atom is 0.337 e. The van der Waals surface area contributed by atoms with Crippen molar-refractivity contribution in [3.63, 3.8) is 0 Å². The number of hydrogen-bond donors (Lipinski definition) is 1. The molecule has 7 nitrogen and oxygen atoms in total. The van der Waals surface area contributed by atoms with E-state index in [0.717, 1.165) is 0 Å². The second-order valence-corrected chi connectivity index (χ2v) is 6.70. The van der Waals surface area contributed by atoms with Gasteiger partial charge in [0.15, 0.2) is 0 Å². The van der Waals surface area contributed by atoms with Crippen molar-refractivity contribution in [1.29, 1.82) is 0 Å². The van der Waals surface area contributed by atoms with Crippen LogP contribution in [0, 0.1) is 0 Å². The van der Waals surface area contributed by atoms with Crippen LogP contribution in [0.5, 0.6) is 5.75 Å². The van der Waals surface area contributed by atoms with Crippen molar-refractivity contribution >= 4 is 46.7 Å². The second kappa shape index (κ2) is 10.7. The average molecular weight is 440 g/mol. The van der Waals surface area contributed by atoms with Gasteiger partial charge < -0.3 is 19.5 Å². The smallest absolute Gasteiger partial charge is 0.337 e. The number of hydrogen-bond acceptors (Lipinski definition) is 6. The summed E-state index contributed by atoms with van der Waals surface area (Å²) < 4.78 is 14.9. The molecule has 2 aromatic rings. The SMILES string of the molecule is COC(=O)c1cc(NC(=O)CCCOc2ccc(Cl)cc2Cl)cc(C(=O)OC)c1. The highest BCUT2D eigenvalue weighted by atomic mass is 35.5. The zero-order chi connectivity index (χ0) is 21.4. The third-order valence-electron chi connectivity index (χ3n) is 3.76. The molecule has 0 spiro atoms. The number of methoxy groups -OCH3 is 2. The third-order valence-corrected chi connectivity index (χ3v) is 4.29. The molecule has 154 valence electrons. The van der Waals surface area contributed by atoms with E-state index in [1.165, 1.54) is 32.4 Å². The Morgan fingerprint density at radius 3 is 2.10 bits per heavy atom. The molecule has 0 radical (unpaired) electrons. The zero-order valence-corrected chi connectivity index (χ0v) is 17.3. The summed E-state index contributed by atoms with van der Waals surface area (Å²) in [5, 5.41) is 3.53. The molecule has 0 aliphatic rings. The van der Waals surface area contributed by atoms with E-state index in [4.69, 9.17) is 27.9 Å². The fourth-order valence-electron chi connectivity index (χ4n) is 2.40. The van der Waals surface area contributed by atoms with Gasteiger partial charge in [-0.25, -0.2) is 9.59 Å². The van der Waals surface area contributed by atoms with Crippen molar-refractivity contribution < 1.29 is 28.6 Å². The molecule has 0 unspecified atom stereocenters. The molecule has 0 saturated heterocycles. The number of halogens is 2. The van der Waals surface area contributed by atoms with Crippen LogP contribution < -0.4 is 10.1 Å². The number of amides is 1. The highest BCUT2D eigenvalue weighted by molar-refractivity contribution is 6.35. The molecule has 0 fully saturated rings. The molecule has 2 aromatic carbocycles. The van der Waals surface area contributed by atoms with E-state index < -0.39 is 11.9 Å². The third kappa shape index (κ3) is 6.66. The summed E-state index contributed by atoms with van der Waals surface area (Å²) in [6.45, 7) is 0.268. The second-order valence-electron chi connectivity index (χ2n) is 5.86. The lowest BCUT2D eigenvalue weighted by Gasteiger charge is -2.10. The first-order chi connectivity index (χ1) is 13.8.